The number of benzene rings is 2. The van der Waals surface area contributed by atoms with Crippen LogP contribution >= 0.6 is 23.4 Å². The quantitative estimate of drug-likeness (QED) is 0.427. The fourth-order valence-electron chi connectivity index (χ4n) is 3.38. The maximum Gasteiger partial charge on any atom is 0.294 e. The molecule has 1 aliphatic rings. The molecular formula is C25H21ClN2O5S. The Morgan fingerprint density at radius 2 is 1.91 bits per heavy atom. The molecule has 0 spiro atoms. The molecule has 3 amide bonds. The molecule has 1 aromatic heterocycles. The van der Waals surface area contributed by atoms with Crippen LogP contribution in [-0.2, 0) is 9.59 Å². The van der Waals surface area contributed by atoms with Gasteiger partial charge in [0.05, 0.1) is 17.6 Å². The third-order valence-electron chi connectivity index (χ3n) is 5.29. The lowest BCUT2D eigenvalue weighted by atomic mass is 10.1. The van der Waals surface area contributed by atoms with E-state index in [1.54, 1.807) is 43.5 Å². The zero-order chi connectivity index (χ0) is 24.4. The summed E-state index contributed by atoms with van der Waals surface area (Å²) in [5, 5.41) is 2.73. The van der Waals surface area contributed by atoms with Gasteiger partial charge in [0.1, 0.15) is 23.8 Å². The van der Waals surface area contributed by atoms with E-state index >= 15 is 0 Å². The van der Waals surface area contributed by atoms with E-state index in [9.17, 15) is 14.4 Å². The average Bonchev–Trinajstić information content (AvgIpc) is 3.36. The molecule has 0 atom stereocenters. The highest BCUT2D eigenvalue weighted by atomic mass is 35.5. The van der Waals surface area contributed by atoms with Gasteiger partial charge >= 0.3 is 0 Å². The topological polar surface area (TPSA) is 88.9 Å². The van der Waals surface area contributed by atoms with E-state index in [0.717, 1.165) is 27.8 Å². The van der Waals surface area contributed by atoms with Crippen LogP contribution < -0.4 is 10.1 Å². The number of anilines is 1. The molecule has 1 aliphatic heterocycles. The summed E-state index contributed by atoms with van der Waals surface area (Å²) in [6.45, 7) is 3.54. The zero-order valence-electron chi connectivity index (χ0n) is 18.7. The second-order valence-electron chi connectivity index (χ2n) is 7.66. The van der Waals surface area contributed by atoms with Gasteiger partial charge in [-0.1, -0.05) is 17.7 Å². The summed E-state index contributed by atoms with van der Waals surface area (Å²) in [6.07, 6.45) is 1.48. The van der Waals surface area contributed by atoms with Gasteiger partial charge in [-0.15, -0.1) is 0 Å². The van der Waals surface area contributed by atoms with Gasteiger partial charge in [0.25, 0.3) is 11.1 Å². The number of imide groups is 1. The van der Waals surface area contributed by atoms with Crippen LogP contribution in [0.4, 0.5) is 10.5 Å². The van der Waals surface area contributed by atoms with Crippen molar-refractivity contribution < 1.29 is 23.5 Å². The lowest BCUT2D eigenvalue weighted by Gasteiger charge is -2.13. The van der Waals surface area contributed by atoms with Gasteiger partial charge in [-0.05, 0) is 79.2 Å². The molecule has 0 unspecified atom stereocenters. The number of ether oxygens (including phenoxy) is 1. The van der Waals surface area contributed by atoms with Crippen LogP contribution in [0, 0.1) is 13.8 Å². The lowest BCUT2D eigenvalue weighted by molar-refractivity contribution is -0.127. The Hall–Kier alpha value is -3.49. The molecule has 174 valence electrons. The van der Waals surface area contributed by atoms with E-state index in [-0.39, 0.29) is 11.4 Å². The molecule has 1 fully saturated rings. The summed E-state index contributed by atoms with van der Waals surface area (Å²) < 4.78 is 11.2. The minimum atomic E-state index is -0.552. The highest BCUT2D eigenvalue weighted by molar-refractivity contribution is 8.18. The first kappa shape index (κ1) is 23.7. The fourth-order valence-corrected chi connectivity index (χ4v) is 4.37. The van der Waals surface area contributed by atoms with Gasteiger partial charge in [0.15, 0.2) is 0 Å². The summed E-state index contributed by atoms with van der Waals surface area (Å²) in [7, 11) is 1.54. The normalized spacial score (nSPS) is 14.7. The number of hydrogen-bond acceptors (Lipinski definition) is 6. The number of hydrogen-bond donors (Lipinski definition) is 1. The summed E-state index contributed by atoms with van der Waals surface area (Å²) in [6, 6.07) is 14.1. The molecule has 0 bridgehead atoms. The Morgan fingerprint density at radius 1 is 1.12 bits per heavy atom. The molecule has 2 heterocycles. The van der Waals surface area contributed by atoms with Gasteiger partial charge in [-0.3, -0.25) is 19.3 Å². The van der Waals surface area contributed by atoms with Crippen molar-refractivity contribution in [2.45, 2.75) is 13.8 Å². The molecule has 7 nitrogen and oxygen atoms in total. The molecule has 9 heteroatoms. The number of furan rings is 1. The minimum absolute atomic E-state index is 0.169. The molecular weight excluding hydrogens is 476 g/mol. The summed E-state index contributed by atoms with van der Waals surface area (Å²) in [5.41, 5.74) is 3.39. The number of halogens is 1. The number of carbonyl (C=O) groups is 3. The van der Waals surface area contributed by atoms with Crippen LogP contribution in [0.5, 0.6) is 5.75 Å². The Morgan fingerprint density at radius 3 is 2.65 bits per heavy atom. The van der Waals surface area contributed by atoms with E-state index in [1.165, 1.54) is 6.08 Å². The number of amides is 3. The maximum absolute atomic E-state index is 12.8. The van der Waals surface area contributed by atoms with Crippen molar-refractivity contribution >= 4 is 52.2 Å². The van der Waals surface area contributed by atoms with E-state index in [4.69, 9.17) is 20.8 Å². The van der Waals surface area contributed by atoms with Crippen LogP contribution in [-0.4, -0.2) is 35.6 Å². The molecule has 2 aromatic carbocycles. The van der Waals surface area contributed by atoms with Crippen molar-refractivity contribution in [2.75, 3.05) is 19.0 Å². The van der Waals surface area contributed by atoms with E-state index in [2.05, 4.69) is 5.32 Å². The van der Waals surface area contributed by atoms with Crippen molar-refractivity contribution in [3.63, 3.8) is 0 Å². The number of nitrogens with one attached hydrogen (secondary N) is 1. The Bertz CT molecular complexity index is 1330. The highest BCUT2D eigenvalue weighted by Gasteiger charge is 2.36. The van der Waals surface area contributed by atoms with Crippen molar-refractivity contribution in [1.82, 2.24) is 4.90 Å². The Kier molecular flexibility index (Phi) is 6.81. The smallest absolute Gasteiger partial charge is 0.294 e. The monoisotopic (exact) mass is 496 g/mol. The van der Waals surface area contributed by atoms with Crippen LogP contribution in [0.1, 0.15) is 16.9 Å². The third-order valence-corrected chi connectivity index (χ3v) is 6.44. The van der Waals surface area contributed by atoms with Crippen molar-refractivity contribution in [2.24, 2.45) is 0 Å². The molecule has 3 aromatic rings. The van der Waals surface area contributed by atoms with Crippen LogP contribution in [0.2, 0.25) is 5.02 Å². The Labute approximate surface area is 205 Å². The standard InChI is InChI=1S/C25H21ClN2O5S/c1-14-4-6-17(10-15(14)2)27-23(29)13-28-24(30)22(34-25(28)31)12-18-7-9-21(33-18)19-11-16(26)5-8-20(19)32-3/h4-12H,13H2,1-3H3,(H,27,29)/b22-12+. The molecule has 0 radical (unpaired) electrons. The number of nitrogens with zero attached hydrogens (tertiary/aromatic N) is 1. The van der Waals surface area contributed by atoms with Crippen LogP contribution in [0.25, 0.3) is 17.4 Å². The predicted molar refractivity (Wildman–Crippen MR) is 133 cm³/mol. The second-order valence-corrected chi connectivity index (χ2v) is 9.09. The summed E-state index contributed by atoms with van der Waals surface area (Å²) in [4.78, 5) is 38.7. The molecule has 0 saturated carbocycles. The minimum Gasteiger partial charge on any atom is -0.496 e. The van der Waals surface area contributed by atoms with Crippen molar-refractivity contribution in [3.05, 3.63) is 75.3 Å². The number of carbonyl (C=O) groups excluding carboxylic acids is 3. The van der Waals surface area contributed by atoms with Crippen LogP contribution in [0.15, 0.2) is 57.9 Å². The second kappa shape index (κ2) is 9.79. The number of methoxy groups -OCH3 is 1. The van der Waals surface area contributed by atoms with Crippen molar-refractivity contribution in [1.29, 1.82) is 0 Å². The lowest BCUT2D eigenvalue weighted by Crippen LogP contribution is -2.36. The summed E-state index contributed by atoms with van der Waals surface area (Å²) in [5.74, 6) is 0.448. The first-order valence-electron chi connectivity index (χ1n) is 10.3. The predicted octanol–water partition coefficient (Wildman–Crippen LogP) is 5.90. The molecule has 0 aliphatic carbocycles. The van der Waals surface area contributed by atoms with Gasteiger partial charge < -0.3 is 14.5 Å². The molecule has 1 saturated heterocycles. The third kappa shape index (κ3) is 5.03. The zero-order valence-corrected chi connectivity index (χ0v) is 20.3. The molecule has 1 N–H and O–H groups in total. The first-order valence-corrected chi connectivity index (χ1v) is 11.5. The number of aryl methyl sites for hydroxylation is 2. The SMILES string of the molecule is COc1ccc(Cl)cc1-c1ccc(/C=C2/SC(=O)N(CC(=O)Nc3ccc(C)c(C)c3)C2=O)o1. The molecule has 4 rings (SSSR count). The van der Waals surface area contributed by atoms with E-state index in [1.807, 2.05) is 26.0 Å². The van der Waals surface area contributed by atoms with Gasteiger partial charge in [-0.2, -0.15) is 0 Å². The first-order chi connectivity index (χ1) is 16.2. The Balaban J connectivity index is 1.47. The largest absolute Gasteiger partial charge is 0.496 e. The number of rotatable bonds is 6. The number of thioether (sulfide) groups is 1. The van der Waals surface area contributed by atoms with Gasteiger partial charge in [0, 0.05) is 16.8 Å². The molecule has 34 heavy (non-hydrogen) atoms. The van der Waals surface area contributed by atoms with Crippen molar-refractivity contribution in [3.8, 4) is 17.1 Å². The van der Waals surface area contributed by atoms with E-state index < -0.39 is 17.1 Å². The maximum atomic E-state index is 12.8. The van der Waals surface area contributed by atoms with E-state index in [0.29, 0.717) is 33.5 Å². The van der Waals surface area contributed by atoms with Gasteiger partial charge in [0.2, 0.25) is 5.91 Å². The average molecular weight is 497 g/mol. The van der Waals surface area contributed by atoms with Crippen LogP contribution in [0.3, 0.4) is 0 Å². The summed E-state index contributed by atoms with van der Waals surface area (Å²) >= 11 is 6.85. The highest BCUT2D eigenvalue weighted by Crippen LogP contribution is 2.36. The fraction of sp³-hybridized carbons (Fsp3) is 0.160. The van der Waals surface area contributed by atoms with Gasteiger partial charge in [-0.25, -0.2) is 0 Å².